The molecule has 3 heteroatoms. The summed E-state index contributed by atoms with van der Waals surface area (Å²) in [6, 6.07) is 8.29. The topological polar surface area (TPSA) is 29.1 Å². The summed E-state index contributed by atoms with van der Waals surface area (Å²) in [5, 5.41) is 2.94. The Morgan fingerprint density at radius 2 is 1.93 bits per heavy atom. The van der Waals surface area contributed by atoms with E-state index in [1.807, 2.05) is 31.4 Å². The summed E-state index contributed by atoms with van der Waals surface area (Å²) in [5.41, 5.74) is 2.41. The van der Waals surface area contributed by atoms with Crippen LogP contribution in [0.5, 0.6) is 0 Å². The average Bonchev–Trinajstić information content (AvgIpc) is 2.18. The number of carbonyl (C=O) groups is 1. The second kappa shape index (κ2) is 3.65. The molecule has 1 unspecified atom stereocenters. The summed E-state index contributed by atoms with van der Waals surface area (Å²) in [6.45, 7) is 2.02. The van der Waals surface area contributed by atoms with Crippen molar-refractivity contribution in [2.75, 3.05) is 6.26 Å². The molecule has 2 rings (SSSR count). The number of benzene rings is 1. The fourth-order valence-electron chi connectivity index (χ4n) is 1.89. The van der Waals surface area contributed by atoms with Gasteiger partial charge in [-0.2, -0.15) is 0 Å². The maximum Gasteiger partial charge on any atom is 0.238 e. The van der Waals surface area contributed by atoms with Crippen LogP contribution >= 0.6 is 11.8 Å². The van der Waals surface area contributed by atoms with Crippen molar-refractivity contribution in [1.82, 2.24) is 5.32 Å². The highest BCUT2D eigenvalue weighted by molar-refractivity contribution is 7.99. The van der Waals surface area contributed by atoms with Crippen molar-refractivity contribution in [1.29, 1.82) is 0 Å². The van der Waals surface area contributed by atoms with Crippen LogP contribution in [-0.2, 0) is 4.79 Å². The van der Waals surface area contributed by atoms with Crippen LogP contribution in [0.3, 0.4) is 0 Å². The summed E-state index contributed by atoms with van der Waals surface area (Å²) in [7, 11) is 0. The summed E-state index contributed by atoms with van der Waals surface area (Å²) in [4.78, 5) is 11.7. The van der Waals surface area contributed by atoms with Gasteiger partial charge in [-0.05, 0) is 24.3 Å². The molecule has 0 aromatic heterocycles. The van der Waals surface area contributed by atoms with E-state index >= 15 is 0 Å². The molecule has 0 saturated heterocycles. The largest absolute Gasteiger partial charge is 0.348 e. The zero-order valence-electron chi connectivity index (χ0n) is 8.28. The van der Waals surface area contributed by atoms with Gasteiger partial charge in [0.1, 0.15) is 5.25 Å². The van der Waals surface area contributed by atoms with Crippen molar-refractivity contribution in [2.24, 2.45) is 0 Å². The predicted octanol–water partition coefficient (Wildman–Crippen LogP) is 2.28. The van der Waals surface area contributed by atoms with Gasteiger partial charge >= 0.3 is 0 Å². The molecule has 14 heavy (non-hydrogen) atoms. The minimum Gasteiger partial charge on any atom is -0.348 e. The molecule has 74 valence electrons. The van der Waals surface area contributed by atoms with Gasteiger partial charge < -0.3 is 5.32 Å². The molecule has 1 N–H and O–H groups in total. The van der Waals surface area contributed by atoms with Crippen LogP contribution in [-0.4, -0.2) is 12.2 Å². The Morgan fingerprint density at radius 3 is 2.57 bits per heavy atom. The van der Waals surface area contributed by atoms with Crippen LogP contribution in [0.15, 0.2) is 24.3 Å². The van der Waals surface area contributed by atoms with Crippen molar-refractivity contribution < 1.29 is 4.79 Å². The first-order valence-electron chi connectivity index (χ1n) is 4.66. The maximum absolute atomic E-state index is 11.7. The van der Waals surface area contributed by atoms with Gasteiger partial charge in [-0.1, -0.05) is 24.3 Å². The molecule has 0 spiro atoms. The molecule has 1 heterocycles. The van der Waals surface area contributed by atoms with Crippen molar-refractivity contribution in [3.63, 3.8) is 0 Å². The third kappa shape index (κ3) is 1.42. The van der Waals surface area contributed by atoms with Gasteiger partial charge in [0.05, 0.1) is 6.04 Å². The third-order valence-electron chi connectivity index (χ3n) is 2.58. The van der Waals surface area contributed by atoms with E-state index in [4.69, 9.17) is 0 Å². The average molecular weight is 207 g/mol. The van der Waals surface area contributed by atoms with Crippen molar-refractivity contribution in [3.8, 4) is 0 Å². The molecule has 1 aromatic carbocycles. The van der Waals surface area contributed by atoms with E-state index in [0.717, 1.165) is 5.56 Å². The fraction of sp³-hybridized carbons (Fsp3) is 0.364. The first-order valence-corrected chi connectivity index (χ1v) is 5.95. The Hall–Kier alpha value is -0.960. The molecule has 1 aromatic rings. The molecule has 2 atom stereocenters. The van der Waals surface area contributed by atoms with Crippen LogP contribution in [0.1, 0.15) is 29.3 Å². The molecule has 1 aliphatic heterocycles. The highest BCUT2D eigenvalue weighted by Gasteiger charge is 2.29. The predicted molar refractivity (Wildman–Crippen MR) is 59.3 cm³/mol. The lowest BCUT2D eigenvalue weighted by atomic mass is 9.95. The number of carbonyl (C=O) groups excluding carboxylic acids is 1. The normalized spacial score (nSPS) is 25.4. The summed E-state index contributed by atoms with van der Waals surface area (Å²) in [5.74, 6) is 0.128. The number of nitrogens with one attached hydrogen (secondary N) is 1. The number of hydrogen-bond acceptors (Lipinski definition) is 2. The molecule has 1 aliphatic rings. The second-order valence-corrected chi connectivity index (χ2v) is 4.42. The fourth-order valence-corrected chi connectivity index (χ4v) is 2.64. The molecule has 0 bridgehead atoms. The zero-order chi connectivity index (χ0) is 10.1. The molecule has 2 nitrogen and oxygen atoms in total. The smallest absolute Gasteiger partial charge is 0.238 e. The van der Waals surface area contributed by atoms with Crippen molar-refractivity contribution in [2.45, 2.75) is 18.2 Å². The quantitative estimate of drug-likeness (QED) is 0.765. The van der Waals surface area contributed by atoms with Crippen LogP contribution < -0.4 is 5.32 Å². The van der Waals surface area contributed by atoms with Gasteiger partial charge in [0.15, 0.2) is 0 Å². The number of hydrogen-bond donors (Lipinski definition) is 1. The van der Waals surface area contributed by atoms with Gasteiger partial charge in [-0.15, -0.1) is 11.8 Å². The van der Waals surface area contributed by atoms with E-state index in [0.29, 0.717) is 0 Å². The zero-order valence-corrected chi connectivity index (χ0v) is 9.10. The highest BCUT2D eigenvalue weighted by Crippen LogP contribution is 2.36. The molecule has 0 saturated carbocycles. The second-order valence-electron chi connectivity index (χ2n) is 3.47. The SMILES string of the molecule is CS[C@@H]1C(=O)NC(C)c2ccccc21. The third-order valence-corrected chi connectivity index (χ3v) is 3.52. The summed E-state index contributed by atoms with van der Waals surface area (Å²) in [6.07, 6.45) is 1.97. The van der Waals surface area contributed by atoms with Crippen molar-refractivity contribution >= 4 is 17.7 Å². The Bertz CT molecular complexity index is 364. The van der Waals surface area contributed by atoms with E-state index in [9.17, 15) is 4.79 Å². The van der Waals surface area contributed by atoms with Gasteiger partial charge in [0.25, 0.3) is 0 Å². The molecular formula is C11H13NOS. The van der Waals surface area contributed by atoms with E-state index in [1.165, 1.54) is 5.56 Å². The first-order chi connectivity index (χ1) is 6.74. The minimum atomic E-state index is -0.0394. The number of thioether (sulfide) groups is 1. The van der Waals surface area contributed by atoms with Gasteiger partial charge in [-0.25, -0.2) is 0 Å². The van der Waals surface area contributed by atoms with Crippen LogP contribution in [0.2, 0.25) is 0 Å². The lowest BCUT2D eigenvalue weighted by molar-refractivity contribution is -0.121. The molecule has 0 radical (unpaired) electrons. The maximum atomic E-state index is 11.7. The Morgan fingerprint density at radius 1 is 1.29 bits per heavy atom. The number of rotatable bonds is 1. The molecular weight excluding hydrogens is 194 g/mol. The Labute approximate surface area is 88.1 Å². The van der Waals surface area contributed by atoms with E-state index < -0.39 is 0 Å². The minimum absolute atomic E-state index is 0.0394. The van der Waals surface area contributed by atoms with Crippen LogP contribution in [0.25, 0.3) is 0 Å². The standard InChI is InChI=1S/C11H13NOS/c1-7-8-5-3-4-6-9(8)10(14-2)11(13)12-7/h3-7,10H,1-2H3,(H,12,13)/t7?,10-/m0/s1. The molecule has 0 fully saturated rings. The number of amides is 1. The Balaban J connectivity index is 2.50. The lowest BCUT2D eigenvalue weighted by Crippen LogP contribution is -2.35. The molecule has 0 aliphatic carbocycles. The van der Waals surface area contributed by atoms with Crippen molar-refractivity contribution in [3.05, 3.63) is 35.4 Å². The monoisotopic (exact) mass is 207 g/mol. The van der Waals surface area contributed by atoms with Gasteiger partial charge in [0.2, 0.25) is 5.91 Å². The van der Waals surface area contributed by atoms with E-state index in [2.05, 4.69) is 11.4 Å². The van der Waals surface area contributed by atoms with E-state index in [1.54, 1.807) is 11.8 Å². The lowest BCUT2D eigenvalue weighted by Gasteiger charge is -2.28. The van der Waals surface area contributed by atoms with Crippen LogP contribution in [0, 0.1) is 0 Å². The number of fused-ring (bicyclic) bond motifs is 1. The summed E-state index contributed by atoms with van der Waals surface area (Å²) >= 11 is 1.59. The van der Waals surface area contributed by atoms with Crippen LogP contribution in [0.4, 0.5) is 0 Å². The van der Waals surface area contributed by atoms with Gasteiger partial charge in [0, 0.05) is 0 Å². The molecule has 1 amide bonds. The van der Waals surface area contributed by atoms with Gasteiger partial charge in [-0.3, -0.25) is 4.79 Å². The van der Waals surface area contributed by atoms with E-state index in [-0.39, 0.29) is 17.2 Å². The Kier molecular flexibility index (Phi) is 2.50. The highest BCUT2D eigenvalue weighted by atomic mass is 32.2. The summed E-state index contributed by atoms with van der Waals surface area (Å²) < 4.78 is 0. The first kappa shape index (κ1) is 9.59.